The van der Waals surface area contributed by atoms with E-state index in [4.69, 9.17) is 0 Å². The Morgan fingerprint density at radius 2 is 1.74 bits per heavy atom. The minimum absolute atomic E-state index is 0.00106. The molecule has 1 aliphatic heterocycles. The number of pyridine rings is 1. The lowest BCUT2D eigenvalue weighted by Gasteiger charge is -2.32. The maximum absolute atomic E-state index is 13.0. The van der Waals surface area contributed by atoms with Gasteiger partial charge in [-0.2, -0.15) is 13.2 Å². The molecule has 0 atom stereocenters. The van der Waals surface area contributed by atoms with Gasteiger partial charge in [-0.15, -0.1) is 0 Å². The molecule has 0 unspecified atom stereocenters. The fraction of sp³-hybridized carbons (Fsp3) is 0.545. The molecule has 106 valence electrons. The molecule has 1 fully saturated rings. The van der Waals surface area contributed by atoms with Gasteiger partial charge >= 0.3 is 6.18 Å². The highest BCUT2D eigenvalue weighted by atomic mass is 79.9. The van der Waals surface area contributed by atoms with Gasteiger partial charge in [0.15, 0.2) is 5.69 Å². The molecule has 0 N–H and O–H groups in total. The first kappa shape index (κ1) is 14.5. The number of halogens is 6. The average molecular weight is 345 g/mol. The second kappa shape index (κ2) is 4.88. The van der Waals surface area contributed by atoms with Crippen molar-refractivity contribution >= 4 is 21.7 Å². The van der Waals surface area contributed by atoms with E-state index in [0.29, 0.717) is 0 Å². The van der Waals surface area contributed by atoms with Gasteiger partial charge in [-0.1, -0.05) is 0 Å². The highest BCUT2D eigenvalue weighted by Gasteiger charge is 2.37. The van der Waals surface area contributed by atoms with E-state index in [1.54, 1.807) is 0 Å². The first-order chi connectivity index (χ1) is 8.69. The van der Waals surface area contributed by atoms with Gasteiger partial charge in [0.2, 0.25) is 0 Å². The Morgan fingerprint density at radius 3 is 2.26 bits per heavy atom. The van der Waals surface area contributed by atoms with Crippen molar-refractivity contribution in [2.45, 2.75) is 24.9 Å². The van der Waals surface area contributed by atoms with Crippen LogP contribution in [0.4, 0.5) is 27.8 Å². The van der Waals surface area contributed by atoms with Gasteiger partial charge in [-0.05, 0) is 28.1 Å². The molecule has 1 aromatic heterocycles. The second-order valence-electron chi connectivity index (χ2n) is 4.34. The van der Waals surface area contributed by atoms with Crippen LogP contribution in [0.15, 0.2) is 16.6 Å². The number of anilines is 1. The molecule has 1 aliphatic rings. The molecule has 2 nitrogen and oxygen atoms in total. The minimum atomic E-state index is -4.57. The van der Waals surface area contributed by atoms with Gasteiger partial charge in [-0.25, -0.2) is 13.8 Å². The van der Waals surface area contributed by atoms with Gasteiger partial charge in [0.05, 0.1) is 0 Å². The van der Waals surface area contributed by atoms with Crippen molar-refractivity contribution in [3.63, 3.8) is 0 Å². The molecule has 19 heavy (non-hydrogen) atoms. The SMILES string of the molecule is FC1(F)CCN(c2ccc(Br)c(C(F)(F)F)n2)CC1. The summed E-state index contributed by atoms with van der Waals surface area (Å²) in [5, 5.41) is 0. The van der Waals surface area contributed by atoms with Crippen molar-refractivity contribution in [1.82, 2.24) is 4.98 Å². The van der Waals surface area contributed by atoms with Crippen LogP contribution >= 0.6 is 15.9 Å². The van der Waals surface area contributed by atoms with Crippen molar-refractivity contribution < 1.29 is 22.0 Å². The Kier molecular flexibility index (Phi) is 3.72. The number of hydrogen-bond acceptors (Lipinski definition) is 2. The molecule has 2 rings (SSSR count). The molecule has 2 heterocycles. The molecule has 0 radical (unpaired) electrons. The number of hydrogen-bond donors (Lipinski definition) is 0. The predicted molar refractivity (Wildman–Crippen MR) is 63.3 cm³/mol. The standard InChI is InChI=1S/C11H10BrF5N2/c12-7-1-2-8(18-9(7)11(15,16)17)19-5-3-10(13,14)4-6-19/h1-2H,3-6H2. The van der Waals surface area contributed by atoms with Gasteiger partial charge in [0.1, 0.15) is 5.82 Å². The lowest BCUT2D eigenvalue weighted by molar-refractivity contribution is -0.141. The normalized spacial score (nSPS) is 19.6. The molecule has 8 heteroatoms. The van der Waals surface area contributed by atoms with Crippen LogP contribution in [0.25, 0.3) is 0 Å². The Morgan fingerprint density at radius 1 is 1.16 bits per heavy atom. The second-order valence-corrected chi connectivity index (χ2v) is 5.19. The van der Waals surface area contributed by atoms with Crippen LogP contribution in [0.1, 0.15) is 18.5 Å². The van der Waals surface area contributed by atoms with Crippen LogP contribution in [-0.4, -0.2) is 24.0 Å². The average Bonchev–Trinajstić information content (AvgIpc) is 2.28. The third-order valence-corrected chi connectivity index (χ3v) is 3.56. The summed E-state index contributed by atoms with van der Waals surface area (Å²) in [5.74, 6) is -2.66. The Hall–Kier alpha value is -0.920. The summed E-state index contributed by atoms with van der Waals surface area (Å²) in [6.07, 6.45) is -5.31. The van der Waals surface area contributed by atoms with Crippen molar-refractivity contribution in [3.8, 4) is 0 Å². The van der Waals surface area contributed by atoms with Gasteiger partial charge < -0.3 is 4.90 Å². The zero-order valence-electron chi connectivity index (χ0n) is 9.65. The number of aromatic nitrogens is 1. The van der Waals surface area contributed by atoms with Gasteiger partial charge in [0.25, 0.3) is 5.92 Å². The van der Waals surface area contributed by atoms with E-state index in [1.165, 1.54) is 17.0 Å². The largest absolute Gasteiger partial charge is 0.434 e. The highest BCUT2D eigenvalue weighted by molar-refractivity contribution is 9.10. The van der Waals surface area contributed by atoms with Crippen LogP contribution in [0.5, 0.6) is 0 Å². The predicted octanol–water partition coefficient (Wildman–Crippen LogP) is 4.10. The summed E-state index contributed by atoms with van der Waals surface area (Å²) >= 11 is 2.79. The topological polar surface area (TPSA) is 16.1 Å². The van der Waals surface area contributed by atoms with E-state index in [0.717, 1.165) is 0 Å². The van der Waals surface area contributed by atoms with Crippen molar-refractivity contribution in [3.05, 3.63) is 22.3 Å². The van der Waals surface area contributed by atoms with Gasteiger partial charge in [0, 0.05) is 30.4 Å². The lowest BCUT2D eigenvalue weighted by atomic mass is 10.1. The number of nitrogens with zero attached hydrogens (tertiary/aromatic N) is 2. The smallest absolute Gasteiger partial charge is 0.356 e. The van der Waals surface area contributed by atoms with E-state index in [-0.39, 0.29) is 36.2 Å². The molecule has 0 amide bonds. The molecule has 0 bridgehead atoms. The molecule has 0 spiro atoms. The monoisotopic (exact) mass is 344 g/mol. The third kappa shape index (κ3) is 3.34. The number of rotatable bonds is 1. The summed E-state index contributed by atoms with van der Waals surface area (Å²) in [5.41, 5.74) is -1.04. The molecule has 0 saturated carbocycles. The van der Waals surface area contributed by atoms with E-state index in [2.05, 4.69) is 20.9 Å². The van der Waals surface area contributed by atoms with Crippen LogP contribution in [0.3, 0.4) is 0 Å². The Balaban J connectivity index is 2.23. The summed E-state index contributed by atoms with van der Waals surface area (Å²) in [7, 11) is 0. The number of piperidine rings is 1. The van der Waals surface area contributed by atoms with E-state index in [9.17, 15) is 22.0 Å². The van der Waals surface area contributed by atoms with E-state index in [1.807, 2.05) is 0 Å². The van der Waals surface area contributed by atoms with E-state index >= 15 is 0 Å². The maximum atomic E-state index is 13.0. The van der Waals surface area contributed by atoms with Crippen molar-refractivity contribution in [2.75, 3.05) is 18.0 Å². The van der Waals surface area contributed by atoms with Crippen LogP contribution < -0.4 is 4.90 Å². The summed E-state index contributed by atoms with van der Waals surface area (Å²) < 4.78 is 63.9. The van der Waals surface area contributed by atoms with Crippen LogP contribution in [0.2, 0.25) is 0 Å². The molecule has 0 aliphatic carbocycles. The molecular formula is C11H10BrF5N2. The first-order valence-corrected chi connectivity index (χ1v) is 6.35. The van der Waals surface area contributed by atoms with Crippen LogP contribution in [0, 0.1) is 0 Å². The molecular weight excluding hydrogens is 335 g/mol. The summed E-state index contributed by atoms with van der Waals surface area (Å²) in [6.45, 7) is -0.00212. The zero-order chi connectivity index (χ0) is 14.3. The molecule has 1 saturated heterocycles. The summed E-state index contributed by atoms with van der Waals surface area (Å²) in [6, 6.07) is 2.63. The molecule has 1 aromatic rings. The van der Waals surface area contributed by atoms with E-state index < -0.39 is 17.8 Å². The van der Waals surface area contributed by atoms with Crippen molar-refractivity contribution in [1.29, 1.82) is 0 Å². The maximum Gasteiger partial charge on any atom is 0.434 e. The zero-order valence-corrected chi connectivity index (χ0v) is 11.2. The number of alkyl halides is 5. The first-order valence-electron chi connectivity index (χ1n) is 5.55. The van der Waals surface area contributed by atoms with Crippen molar-refractivity contribution in [2.24, 2.45) is 0 Å². The molecule has 0 aromatic carbocycles. The highest BCUT2D eigenvalue weighted by Crippen LogP contribution is 2.36. The quantitative estimate of drug-likeness (QED) is 0.713. The fourth-order valence-corrected chi connectivity index (χ4v) is 2.32. The third-order valence-electron chi connectivity index (χ3n) is 2.92. The minimum Gasteiger partial charge on any atom is -0.356 e. The summed E-state index contributed by atoms with van der Waals surface area (Å²) in [4.78, 5) is 4.97. The fourth-order valence-electron chi connectivity index (χ4n) is 1.87. The van der Waals surface area contributed by atoms with Crippen LogP contribution in [-0.2, 0) is 6.18 Å². The Labute approximate surface area is 114 Å². The van der Waals surface area contributed by atoms with Gasteiger partial charge in [-0.3, -0.25) is 0 Å². The lowest BCUT2D eigenvalue weighted by Crippen LogP contribution is -2.39. The Bertz CT molecular complexity index is 465.